The minimum absolute atomic E-state index is 0.0478. The van der Waals surface area contributed by atoms with Gasteiger partial charge in [-0.15, -0.1) is 0 Å². The molecule has 1 atom stereocenters. The van der Waals surface area contributed by atoms with E-state index in [1.807, 2.05) is 0 Å². The topological polar surface area (TPSA) is 44.4 Å². The molecule has 0 aliphatic carbocycles. The summed E-state index contributed by atoms with van der Waals surface area (Å²) < 4.78 is 0. The number of nitrogens with zero attached hydrogens (tertiary/aromatic N) is 1. The molecule has 0 unspecified atom stereocenters. The van der Waals surface area contributed by atoms with E-state index in [1.54, 1.807) is 0 Å². The molecule has 0 aromatic rings. The Balaban J connectivity index is 2.07. The molecule has 2 N–H and O–H groups in total. The van der Waals surface area contributed by atoms with Crippen molar-refractivity contribution in [2.45, 2.75) is 51.6 Å². The Hall–Kier alpha value is -0.610. The van der Waals surface area contributed by atoms with Gasteiger partial charge in [0.2, 0.25) is 5.91 Å². The normalized spacial score (nSPS) is 20.9. The third-order valence-corrected chi connectivity index (χ3v) is 3.50. The van der Waals surface area contributed by atoms with Crippen LogP contribution >= 0.6 is 0 Å². The van der Waals surface area contributed by atoms with Crippen LogP contribution in [-0.4, -0.2) is 49.6 Å². The van der Waals surface area contributed by atoms with E-state index in [0.29, 0.717) is 6.04 Å². The lowest BCUT2D eigenvalue weighted by molar-refractivity contribution is -0.123. The van der Waals surface area contributed by atoms with Gasteiger partial charge in [0.15, 0.2) is 0 Å². The maximum atomic E-state index is 11.8. The van der Waals surface area contributed by atoms with Crippen molar-refractivity contribution >= 4 is 5.91 Å². The average Bonchev–Trinajstić information content (AvgIpc) is 2.35. The van der Waals surface area contributed by atoms with Crippen molar-refractivity contribution in [1.29, 1.82) is 0 Å². The van der Waals surface area contributed by atoms with Gasteiger partial charge in [0.25, 0.3) is 0 Å². The molecule has 0 spiro atoms. The van der Waals surface area contributed by atoms with Gasteiger partial charge >= 0.3 is 0 Å². The molecule has 0 aromatic carbocycles. The van der Waals surface area contributed by atoms with Crippen molar-refractivity contribution < 1.29 is 4.79 Å². The Morgan fingerprint density at radius 3 is 2.82 bits per heavy atom. The summed E-state index contributed by atoms with van der Waals surface area (Å²) in [4.78, 5) is 14.1. The van der Waals surface area contributed by atoms with Crippen LogP contribution in [0.2, 0.25) is 0 Å². The standard InChI is InChI=1S/C13H27N3O/c1-11(2)16(3)10-6-9-15-13(17)12-7-4-5-8-14-12/h11-12,14H,4-10H2,1-3H3,(H,15,17)/t12-/m1/s1. The largest absolute Gasteiger partial charge is 0.355 e. The third-order valence-electron chi connectivity index (χ3n) is 3.50. The van der Waals surface area contributed by atoms with Gasteiger partial charge in [-0.05, 0) is 53.2 Å². The zero-order chi connectivity index (χ0) is 12.7. The van der Waals surface area contributed by atoms with Gasteiger partial charge in [-0.2, -0.15) is 0 Å². The van der Waals surface area contributed by atoms with Crippen molar-refractivity contribution in [3.05, 3.63) is 0 Å². The van der Waals surface area contributed by atoms with Gasteiger partial charge in [-0.1, -0.05) is 6.42 Å². The number of carbonyl (C=O) groups is 1. The van der Waals surface area contributed by atoms with Crippen LogP contribution in [0.3, 0.4) is 0 Å². The maximum Gasteiger partial charge on any atom is 0.237 e. The Morgan fingerprint density at radius 1 is 1.47 bits per heavy atom. The summed E-state index contributed by atoms with van der Waals surface area (Å²) in [5, 5.41) is 6.28. The van der Waals surface area contributed by atoms with Gasteiger partial charge in [0.1, 0.15) is 0 Å². The molecular formula is C13H27N3O. The van der Waals surface area contributed by atoms with Gasteiger partial charge in [-0.25, -0.2) is 0 Å². The molecular weight excluding hydrogens is 214 g/mol. The summed E-state index contributed by atoms with van der Waals surface area (Å²) in [5.41, 5.74) is 0. The highest BCUT2D eigenvalue weighted by molar-refractivity contribution is 5.81. The lowest BCUT2D eigenvalue weighted by Crippen LogP contribution is -2.47. The molecule has 0 saturated carbocycles. The predicted molar refractivity (Wildman–Crippen MR) is 71.0 cm³/mol. The second-order valence-electron chi connectivity index (χ2n) is 5.22. The summed E-state index contributed by atoms with van der Waals surface area (Å²) in [6.07, 6.45) is 4.37. The van der Waals surface area contributed by atoms with E-state index in [4.69, 9.17) is 0 Å². The number of nitrogens with one attached hydrogen (secondary N) is 2. The molecule has 0 bridgehead atoms. The fourth-order valence-corrected chi connectivity index (χ4v) is 2.00. The number of hydrogen-bond donors (Lipinski definition) is 2. The number of rotatable bonds is 6. The fraction of sp³-hybridized carbons (Fsp3) is 0.923. The summed E-state index contributed by atoms with van der Waals surface area (Å²) in [7, 11) is 2.12. The van der Waals surface area contributed by atoms with Crippen molar-refractivity contribution in [3.63, 3.8) is 0 Å². The zero-order valence-corrected chi connectivity index (χ0v) is 11.5. The quantitative estimate of drug-likeness (QED) is 0.681. The van der Waals surface area contributed by atoms with Crippen LogP contribution in [0.15, 0.2) is 0 Å². The van der Waals surface area contributed by atoms with Gasteiger partial charge in [0.05, 0.1) is 6.04 Å². The molecule has 1 heterocycles. The minimum Gasteiger partial charge on any atom is -0.355 e. The molecule has 1 saturated heterocycles. The number of hydrogen-bond acceptors (Lipinski definition) is 3. The van der Waals surface area contributed by atoms with Crippen molar-refractivity contribution in [1.82, 2.24) is 15.5 Å². The lowest BCUT2D eigenvalue weighted by Gasteiger charge is -2.23. The Labute approximate surface area is 105 Å². The third kappa shape index (κ3) is 5.50. The highest BCUT2D eigenvalue weighted by Gasteiger charge is 2.19. The SMILES string of the molecule is CC(C)N(C)CCCNC(=O)[C@H]1CCCCN1. The summed E-state index contributed by atoms with van der Waals surface area (Å²) in [5.74, 6) is 0.178. The second kappa shape index (κ2) is 7.67. The highest BCUT2D eigenvalue weighted by atomic mass is 16.2. The van der Waals surface area contributed by atoms with Crippen LogP contribution in [0, 0.1) is 0 Å². The summed E-state index contributed by atoms with van der Waals surface area (Å²) in [6, 6.07) is 0.622. The highest BCUT2D eigenvalue weighted by Crippen LogP contribution is 2.06. The monoisotopic (exact) mass is 241 g/mol. The first-order valence-corrected chi connectivity index (χ1v) is 6.82. The number of piperidine rings is 1. The van der Waals surface area contributed by atoms with E-state index in [9.17, 15) is 4.79 Å². The second-order valence-corrected chi connectivity index (χ2v) is 5.22. The van der Waals surface area contributed by atoms with E-state index in [1.165, 1.54) is 12.8 Å². The van der Waals surface area contributed by atoms with Crippen LogP contribution in [-0.2, 0) is 4.79 Å². The maximum absolute atomic E-state index is 11.8. The van der Waals surface area contributed by atoms with Gasteiger partial charge < -0.3 is 15.5 Å². The van der Waals surface area contributed by atoms with Crippen LogP contribution in [0.1, 0.15) is 39.5 Å². The first-order chi connectivity index (χ1) is 8.11. The minimum atomic E-state index is 0.0478. The van der Waals surface area contributed by atoms with E-state index in [2.05, 4.69) is 36.4 Å². The predicted octanol–water partition coefficient (Wildman–Crippen LogP) is 0.975. The van der Waals surface area contributed by atoms with E-state index >= 15 is 0 Å². The van der Waals surface area contributed by atoms with Gasteiger partial charge in [0, 0.05) is 12.6 Å². The first-order valence-electron chi connectivity index (χ1n) is 6.82. The van der Waals surface area contributed by atoms with Crippen LogP contribution in [0.4, 0.5) is 0 Å². The Kier molecular flexibility index (Phi) is 6.52. The van der Waals surface area contributed by atoms with Crippen molar-refractivity contribution in [2.24, 2.45) is 0 Å². The molecule has 1 rings (SSSR count). The average molecular weight is 241 g/mol. The Morgan fingerprint density at radius 2 is 2.24 bits per heavy atom. The van der Waals surface area contributed by atoms with Crippen LogP contribution < -0.4 is 10.6 Å². The first kappa shape index (κ1) is 14.5. The molecule has 1 fully saturated rings. The molecule has 4 heteroatoms. The summed E-state index contributed by atoms with van der Waals surface area (Å²) >= 11 is 0. The van der Waals surface area contributed by atoms with E-state index in [-0.39, 0.29) is 11.9 Å². The molecule has 1 aliphatic rings. The molecule has 17 heavy (non-hydrogen) atoms. The molecule has 1 aliphatic heterocycles. The van der Waals surface area contributed by atoms with E-state index in [0.717, 1.165) is 32.5 Å². The Bertz CT molecular complexity index is 225. The molecule has 100 valence electrons. The van der Waals surface area contributed by atoms with Crippen molar-refractivity contribution in [2.75, 3.05) is 26.7 Å². The molecule has 0 aromatic heterocycles. The molecule has 1 amide bonds. The van der Waals surface area contributed by atoms with Crippen LogP contribution in [0.5, 0.6) is 0 Å². The number of amides is 1. The molecule has 0 radical (unpaired) electrons. The number of carbonyl (C=O) groups excluding carboxylic acids is 1. The fourth-order valence-electron chi connectivity index (χ4n) is 2.00. The smallest absolute Gasteiger partial charge is 0.237 e. The van der Waals surface area contributed by atoms with Crippen molar-refractivity contribution in [3.8, 4) is 0 Å². The lowest BCUT2D eigenvalue weighted by atomic mass is 10.0. The molecule has 4 nitrogen and oxygen atoms in total. The van der Waals surface area contributed by atoms with E-state index < -0.39 is 0 Å². The summed E-state index contributed by atoms with van der Waals surface area (Å²) in [6.45, 7) is 7.17. The zero-order valence-electron chi connectivity index (χ0n) is 11.5. The van der Waals surface area contributed by atoms with Gasteiger partial charge in [-0.3, -0.25) is 4.79 Å². The van der Waals surface area contributed by atoms with Crippen LogP contribution in [0.25, 0.3) is 0 Å².